The van der Waals surface area contributed by atoms with Crippen LogP contribution in [0.25, 0.3) is 0 Å². The number of ether oxygens (including phenoxy) is 2. The molecule has 0 bridgehead atoms. The third-order valence-electron chi connectivity index (χ3n) is 4.59. The maximum Gasteiger partial charge on any atom is 0.305 e. The van der Waals surface area contributed by atoms with Crippen LogP contribution < -0.4 is 20.9 Å². The first-order chi connectivity index (χ1) is 16.0. The van der Waals surface area contributed by atoms with Crippen molar-refractivity contribution >= 4 is 35.1 Å². The SMILES string of the molecule is COc1ccc(CC(=O)NNC(=S)NC(=O)CCCC(=O)OCCCc2ccccc2)cc1. The van der Waals surface area contributed by atoms with Gasteiger partial charge in [-0.15, -0.1) is 0 Å². The molecule has 9 heteroatoms. The molecule has 0 unspecified atom stereocenters. The minimum absolute atomic E-state index is 0.0217. The number of hydrazine groups is 1. The van der Waals surface area contributed by atoms with Crippen LogP contribution in [0.3, 0.4) is 0 Å². The predicted octanol–water partition coefficient (Wildman–Crippen LogP) is 2.61. The molecule has 0 fully saturated rings. The van der Waals surface area contributed by atoms with Gasteiger partial charge in [0.25, 0.3) is 0 Å². The fraction of sp³-hybridized carbons (Fsp3) is 0.333. The van der Waals surface area contributed by atoms with E-state index in [2.05, 4.69) is 16.2 Å². The molecule has 0 saturated carbocycles. The summed E-state index contributed by atoms with van der Waals surface area (Å²) in [7, 11) is 1.57. The zero-order valence-electron chi connectivity index (χ0n) is 18.6. The van der Waals surface area contributed by atoms with Crippen molar-refractivity contribution < 1.29 is 23.9 Å². The molecule has 3 N–H and O–H groups in total. The van der Waals surface area contributed by atoms with E-state index in [-0.39, 0.29) is 42.2 Å². The third-order valence-corrected chi connectivity index (χ3v) is 4.80. The molecule has 2 aromatic rings. The number of esters is 1. The van der Waals surface area contributed by atoms with Gasteiger partial charge in [0.05, 0.1) is 20.1 Å². The molecule has 2 aromatic carbocycles. The van der Waals surface area contributed by atoms with E-state index in [1.807, 2.05) is 30.3 Å². The quantitative estimate of drug-likeness (QED) is 0.200. The number of hydrogen-bond donors (Lipinski definition) is 3. The molecule has 0 heterocycles. The lowest BCUT2D eigenvalue weighted by Gasteiger charge is -2.11. The van der Waals surface area contributed by atoms with Crippen molar-refractivity contribution in [2.24, 2.45) is 0 Å². The van der Waals surface area contributed by atoms with Crippen LogP contribution in [0.2, 0.25) is 0 Å². The number of hydrogen-bond acceptors (Lipinski definition) is 6. The summed E-state index contributed by atoms with van der Waals surface area (Å²) in [6, 6.07) is 17.1. The number of amides is 2. The second kappa shape index (κ2) is 14.6. The maximum absolute atomic E-state index is 12.0. The van der Waals surface area contributed by atoms with Crippen molar-refractivity contribution in [2.45, 2.75) is 38.5 Å². The molecule has 0 aliphatic rings. The summed E-state index contributed by atoms with van der Waals surface area (Å²) < 4.78 is 10.3. The zero-order chi connectivity index (χ0) is 23.9. The number of thiocarbonyl (C=S) groups is 1. The number of benzene rings is 2. The molecule has 0 aromatic heterocycles. The lowest BCUT2D eigenvalue weighted by molar-refractivity contribution is -0.143. The maximum atomic E-state index is 12.0. The highest BCUT2D eigenvalue weighted by Gasteiger charge is 2.09. The monoisotopic (exact) mass is 471 g/mol. The van der Waals surface area contributed by atoms with Crippen LogP contribution in [-0.4, -0.2) is 36.6 Å². The van der Waals surface area contributed by atoms with Crippen molar-refractivity contribution in [3.05, 3.63) is 65.7 Å². The Bertz CT molecular complexity index is 919. The van der Waals surface area contributed by atoms with Gasteiger partial charge in [0, 0.05) is 12.8 Å². The minimum Gasteiger partial charge on any atom is -0.497 e. The molecule has 0 spiro atoms. The van der Waals surface area contributed by atoms with Crippen LogP contribution in [0.4, 0.5) is 0 Å². The molecular weight excluding hydrogens is 442 g/mol. The second-order valence-electron chi connectivity index (χ2n) is 7.24. The Hall–Kier alpha value is -3.46. The van der Waals surface area contributed by atoms with E-state index in [1.54, 1.807) is 31.4 Å². The molecule has 0 aliphatic heterocycles. The zero-order valence-corrected chi connectivity index (χ0v) is 19.4. The summed E-state index contributed by atoms with van der Waals surface area (Å²) in [4.78, 5) is 35.7. The second-order valence-corrected chi connectivity index (χ2v) is 7.65. The fourth-order valence-electron chi connectivity index (χ4n) is 2.89. The van der Waals surface area contributed by atoms with E-state index < -0.39 is 0 Å². The van der Waals surface area contributed by atoms with Crippen LogP contribution >= 0.6 is 12.2 Å². The Balaban J connectivity index is 1.52. The van der Waals surface area contributed by atoms with E-state index >= 15 is 0 Å². The molecule has 2 rings (SSSR count). The first kappa shape index (κ1) is 25.8. The van der Waals surface area contributed by atoms with Crippen LogP contribution in [0.5, 0.6) is 5.75 Å². The average Bonchev–Trinajstić information content (AvgIpc) is 2.81. The van der Waals surface area contributed by atoms with Crippen LogP contribution in [-0.2, 0) is 32.0 Å². The largest absolute Gasteiger partial charge is 0.497 e. The summed E-state index contributed by atoms with van der Waals surface area (Å²) >= 11 is 4.99. The molecule has 0 atom stereocenters. The number of aryl methyl sites for hydroxylation is 1. The summed E-state index contributed by atoms with van der Waals surface area (Å²) in [6.07, 6.45) is 2.34. The lowest BCUT2D eigenvalue weighted by Crippen LogP contribution is -2.48. The van der Waals surface area contributed by atoms with Crippen molar-refractivity contribution in [3.8, 4) is 5.75 Å². The number of methoxy groups -OCH3 is 1. The average molecular weight is 472 g/mol. The highest BCUT2D eigenvalue weighted by atomic mass is 32.1. The normalized spacial score (nSPS) is 10.1. The Morgan fingerprint density at radius 2 is 1.58 bits per heavy atom. The van der Waals surface area contributed by atoms with Gasteiger partial charge in [0.1, 0.15) is 5.75 Å². The van der Waals surface area contributed by atoms with Crippen molar-refractivity contribution in [1.82, 2.24) is 16.2 Å². The van der Waals surface area contributed by atoms with Gasteiger partial charge in [-0.1, -0.05) is 42.5 Å². The molecule has 8 nitrogen and oxygen atoms in total. The molecule has 176 valence electrons. The number of nitrogens with one attached hydrogen (secondary N) is 3. The van der Waals surface area contributed by atoms with E-state index in [0.29, 0.717) is 18.8 Å². The van der Waals surface area contributed by atoms with Gasteiger partial charge < -0.3 is 14.8 Å². The molecular formula is C24H29N3O5S. The van der Waals surface area contributed by atoms with Crippen molar-refractivity contribution in [2.75, 3.05) is 13.7 Å². The number of carbonyl (C=O) groups excluding carboxylic acids is 3. The van der Waals surface area contributed by atoms with Gasteiger partial charge in [0.15, 0.2) is 5.11 Å². The van der Waals surface area contributed by atoms with Crippen molar-refractivity contribution in [3.63, 3.8) is 0 Å². The summed E-state index contributed by atoms with van der Waals surface area (Å²) in [6.45, 7) is 0.351. The van der Waals surface area contributed by atoms with Gasteiger partial charge in [-0.3, -0.25) is 25.2 Å². The van der Waals surface area contributed by atoms with Gasteiger partial charge in [0.2, 0.25) is 11.8 Å². The van der Waals surface area contributed by atoms with Gasteiger partial charge in [-0.2, -0.15) is 0 Å². The van der Waals surface area contributed by atoms with Crippen LogP contribution in [0.1, 0.15) is 36.8 Å². The molecule has 0 radical (unpaired) electrons. The lowest BCUT2D eigenvalue weighted by atomic mass is 10.1. The third kappa shape index (κ3) is 11.1. The number of rotatable bonds is 11. The van der Waals surface area contributed by atoms with Gasteiger partial charge in [-0.25, -0.2) is 0 Å². The summed E-state index contributed by atoms with van der Waals surface area (Å²) in [5.74, 6) is -0.291. The standard InChI is InChI=1S/C24H29N3O5S/c1-31-20-14-12-19(13-15-20)17-22(29)26-27-24(33)25-21(28)10-5-11-23(30)32-16-6-9-18-7-3-2-4-8-18/h2-4,7-8,12-15H,5-6,9-11,16-17H2,1H3,(H,26,29)(H2,25,27,28,33). The molecule has 2 amide bonds. The Morgan fingerprint density at radius 3 is 2.27 bits per heavy atom. The van der Waals surface area contributed by atoms with Crippen LogP contribution in [0.15, 0.2) is 54.6 Å². The van der Waals surface area contributed by atoms with E-state index in [1.165, 1.54) is 5.56 Å². The molecule has 0 aliphatic carbocycles. The highest BCUT2D eigenvalue weighted by Crippen LogP contribution is 2.11. The first-order valence-electron chi connectivity index (χ1n) is 10.7. The summed E-state index contributed by atoms with van der Waals surface area (Å²) in [5.41, 5.74) is 6.92. The van der Waals surface area contributed by atoms with Gasteiger partial charge >= 0.3 is 5.97 Å². The topological polar surface area (TPSA) is 106 Å². The molecule has 33 heavy (non-hydrogen) atoms. The first-order valence-corrected chi connectivity index (χ1v) is 11.1. The Kier molecular flexibility index (Phi) is 11.4. The highest BCUT2D eigenvalue weighted by molar-refractivity contribution is 7.80. The minimum atomic E-state index is -0.353. The van der Waals surface area contributed by atoms with Gasteiger partial charge in [-0.05, 0) is 54.7 Å². The Labute approximate surface area is 199 Å². The van der Waals surface area contributed by atoms with E-state index in [9.17, 15) is 14.4 Å². The number of carbonyl (C=O) groups is 3. The van der Waals surface area contributed by atoms with Crippen molar-refractivity contribution in [1.29, 1.82) is 0 Å². The summed E-state index contributed by atoms with van der Waals surface area (Å²) in [5, 5.41) is 2.43. The fourth-order valence-corrected chi connectivity index (χ4v) is 3.06. The smallest absolute Gasteiger partial charge is 0.305 e. The Morgan fingerprint density at radius 1 is 0.848 bits per heavy atom. The van der Waals surface area contributed by atoms with E-state index in [0.717, 1.165) is 18.4 Å². The van der Waals surface area contributed by atoms with Crippen LogP contribution in [0, 0.1) is 0 Å². The predicted molar refractivity (Wildman–Crippen MR) is 128 cm³/mol. The molecule has 0 saturated heterocycles. The van der Waals surface area contributed by atoms with E-state index in [4.69, 9.17) is 21.7 Å².